The lowest BCUT2D eigenvalue weighted by Gasteiger charge is -2.13. The zero-order valence-electron chi connectivity index (χ0n) is 19.3. The highest BCUT2D eigenvalue weighted by molar-refractivity contribution is 6.10. The van der Waals surface area contributed by atoms with Gasteiger partial charge in [0.2, 0.25) is 0 Å². The predicted octanol–water partition coefficient (Wildman–Crippen LogP) is 4.53. The molecule has 0 bridgehead atoms. The van der Waals surface area contributed by atoms with Gasteiger partial charge in [-0.25, -0.2) is 4.79 Å². The molecule has 0 fully saturated rings. The molecule has 6 heteroatoms. The van der Waals surface area contributed by atoms with Gasteiger partial charge in [-0.15, -0.1) is 0 Å². The normalized spacial score (nSPS) is 11.8. The van der Waals surface area contributed by atoms with E-state index in [4.69, 9.17) is 14.6 Å². The maximum absolute atomic E-state index is 13.0. The van der Waals surface area contributed by atoms with Crippen LogP contribution in [0.1, 0.15) is 65.0 Å². The van der Waals surface area contributed by atoms with Crippen molar-refractivity contribution in [1.82, 2.24) is 0 Å². The predicted molar refractivity (Wildman–Crippen MR) is 126 cm³/mol. The van der Waals surface area contributed by atoms with Crippen molar-refractivity contribution in [2.45, 2.75) is 39.5 Å². The van der Waals surface area contributed by atoms with Gasteiger partial charge in [-0.2, -0.15) is 0 Å². The highest BCUT2D eigenvalue weighted by Gasteiger charge is 2.19. The summed E-state index contributed by atoms with van der Waals surface area (Å²) < 4.78 is 10.2. The quantitative estimate of drug-likeness (QED) is 0.208. The molecule has 2 aromatic carbocycles. The van der Waals surface area contributed by atoms with E-state index in [-0.39, 0.29) is 25.0 Å². The lowest BCUT2D eigenvalue weighted by atomic mass is 9.94. The van der Waals surface area contributed by atoms with E-state index < -0.39 is 11.9 Å². The standard InChI is InChI=1S/C27H32O6/c1-3-32-26(30)23(12-7-5-6-8-16-28)18-20-11-9-13-21(17-20)25(29)22-14-10-15-24(19-22)27(31)33-4-2/h7,9-15,17,19,23,28H,3-6,8,16,18H2,1-2H3. The van der Waals surface area contributed by atoms with Crippen LogP contribution in [0, 0.1) is 5.92 Å². The summed E-state index contributed by atoms with van der Waals surface area (Å²) in [7, 11) is 0. The largest absolute Gasteiger partial charge is 0.466 e. The van der Waals surface area contributed by atoms with Crippen molar-refractivity contribution >= 4 is 17.7 Å². The number of ketones is 1. The Bertz CT molecular complexity index is 963. The maximum Gasteiger partial charge on any atom is 0.338 e. The van der Waals surface area contributed by atoms with Crippen LogP contribution in [0.3, 0.4) is 0 Å². The van der Waals surface area contributed by atoms with Crippen LogP contribution in [0.2, 0.25) is 0 Å². The molecule has 1 unspecified atom stereocenters. The summed E-state index contributed by atoms with van der Waals surface area (Å²) in [4.78, 5) is 37.5. The number of carbonyl (C=O) groups excluding carboxylic acids is 3. The zero-order chi connectivity index (χ0) is 24.1. The van der Waals surface area contributed by atoms with Crippen molar-refractivity contribution in [3.8, 4) is 0 Å². The number of esters is 2. The first-order valence-electron chi connectivity index (χ1n) is 11.3. The van der Waals surface area contributed by atoms with E-state index in [0.29, 0.717) is 29.7 Å². The number of hydrogen-bond acceptors (Lipinski definition) is 6. The molecule has 176 valence electrons. The topological polar surface area (TPSA) is 89.9 Å². The van der Waals surface area contributed by atoms with Gasteiger partial charge in [-0.05, 0) is 63.3 Å². The fraction of sp³-hybridized carbons (Fsp3) is 0.370. The molecule has 2 rings (SSSR count). The summed E-state index contributed by atoms with van der Waals surface area (Å²) in [5, 5.41) is 8.90. The number of benzene rings is 2. The molecule has 1 N–H and O–H groups in total. The molecule has 0 saturated heterocycles. The van der Waals surface area contributed by atoms with E-state index in [0.717, 1.165) is 24.8 Å². The van der Waals surface area contributed by atoms with Crippen LogP contribution in [0.25, 0.3) is 0 Å². The summed E-state index contributed by atoms with van der Waals surface area (Å²) in [5.74, 6) is -1.45. The number of ether oxygens (including phenoxy) is 2. The van der Waals surface area contributed by atoms with Crippen LogP contribution < -0.4 is 0 Å². The molecule has 2 aromatic rings. The number of aliphatic hydroxyl groups excluding tert-OH is 1. The van der Waals surface area contributed by atoms with E-state index in [9.17, 15) is 14.4 Å². The van der Waals surface area contributed by atoms with Crippen LogP contribution in [-0.2, 0) is 20.7 Å². The molecule has 0 spiro atoms. The second kappa shape index (κ2) is 14.0. The fourth-order valence-corrected chi connectivity index (χ4v) is 3.38. The average molecular weight is 453 g/mol. The molecule has 33 heavy (non-hydrogen) atoms. The van der Waals surface area contributed by atoms with E-state index >= 15 is 0 Å². The first-order valence-corrected chi connectivity index (χ1v) is 11.3. The lowest BCUT2D eigenvalue weighted by molar-refractivity contribution is -0.146. The molecule has 0 aliphatic rings. The number of rotatable bonds is 13. The van der Waals surface area contributed by atoms with Gasteiger partial charge in [0.1, 0.15) is 0 Å². The summed E-state index contributed by atoms with van der Waals surface area (Å²) in [6.45, 7) is 4.20. The van der Waals surface area contributed by atoms with Crippen molar-refractivity contribution in [2.75, 3.05) is 19.8 Å². The second-order valence-electron chi connectivity index (χ2n) is 7.54. The van der Waals surface area contributed by atoms with Crippen LogP contribution in [-0.4, -0.2) is 42.6 Å². The SMILES string of the molecule is CCOC(=O)c1cccc(C(=O)c2cccc(CC(C=CCCCCO)C(=O)OCC)c2)c1. The third-order valence-corrected chi connectivity index (χ3v) is 5.02. The minimum absolute atomic E-state index is 0.151. The van der Waals surface area contributed by atoms with E-state index in [2.05, 4.69) is 0 Å². The molecule has 0 aliphatic carbocycles. The molecule has 0 heterocycles. The van der Waals surface area contributed by atoms with Crippen LogP contribution in [0.5, 0.6) is 0 Å². The number of hydrogen-bond donors (Lipinski definition) is 1. The van der Waals surface area contributed by atoms with Crippen molar-refractivity contribution in [3.63, 3.8) is 0 Å². The Hall–Kier alpha value is -3.25. The van der Waals surface area contributed by atoms with Crippen LogP contribution >= 0.6 is 0 Å². The molecule has 1 atom stereocenters. The number of unbranched alkanes of at least 4 members (excludes halogenated alkanes) is 2. The Labute approximate surface area is 195 Å². The summed E-state index contributed by atoms with van der Waals surface area (Å²) in [5.41, 5.74) is 2.03. The fourth-order valence-electron chi connectivity index (χ4n) is 3.38. The van der Waals surface area contributed by atoms with E-state index in [1.807, 2.05) is 18.2 Å². The third-order valence-electron chi connectivity index (χ3n) is 5.02. The number of carbonyl (C=O) groups is 3. The van der Waals surface area contributed by atoms with Gasteiger partial charge >= 0.3 is 11.9 Å². The summed E-state index contributed by atoms with van der Waals surface area (Å²) >= 11 is 0. The van der Waals surface area contributed by atoms with Gasteiger partial charge in [0.05, 0.1) is 24.7 Å². The minimum Gasteiger partial charge on any atom is -0.466 e. The minimum atomic E-state index is -0.469. The third kappa shape index (κ3) is 8.31. The van der Waals surface area contributed by atoms with Gasteiger partial charge < -0.3 is 14.6 Å². The van der Waals surface area contributed by atoms with Gasteiger partial charge in [-0.1, -0.05) is 42.5 Å². The van der Waals surface area contributed by atoms with E-state index in [1.165, 1.54) is 6.07 Å². The Morgan fingerprint density at radius 3 is 2.27 bits per heavy atom. The Balaban J connectivity index is 2.19. The maximum atomic E-state index is 13.0. The molecule has 0 aliphatic heterocycles. The lowest BCUT2D eigenvalue weighted by Crippen LogP contribution is -2.18. The highest BCUT2D eigenvalue weighted by atomic mass is 16.5. The smallest absolute Gasteiger partial charge is 0.338 e. The van der Waals surface area contributed by atoms with Crippen LogP contribution in [0.15, 0.2) is 60.7 Å². The number of allylic oxidation sites excluding steroid dienone is 1. The second-order valence-corrected chi connectivity index (χ2v) is 7.54. The highest BCUT2D eigenvalue weighted by Crippen LogP contribution is 2.18. The van der Waals surface area contributed by atoms with Gasteiger partial charge in [-0.3, -0.25) is 9.59 Å². The van der Waals surface area contributed by atoms with Crippen molar-refractivity contribution < 1.29 is 29.0 Å². The zero-order valence-corrected chi connectivity index (χ0v) is 19.3. The Kier molecular flexibility index (Phi) is 11.0. The first kappa shape index (κ1) is 26.0. The van der Waals surface area contributed by atoms with Crippen molar-refractivity contribution in [2.24, 2.45) is 5.92 Å². The molecule has 0 amide bonds. The van der Waals surface area contributed by atoms with Crippen molar-refractivity contribution in [3.05, 3.63) is 82.9 Å². The van der Waals surface area contributed by atoms with Crippen LogP contribution in [0.4, 0.5) is 0 Å². The molecular weight excluding hydrogens is 420 g/mol. The summed E-state index contributed by atoms with van der Waals surface area (Å²) in [6, 6.07) is 13.6. The van der Waals surface area contributed by atoms with Gasteiger partial charge in [0, 0.05) is 17.7 Å². The Morgan fingerprint density at radius 1 is 0.909 bits per heavy atom. The van der Waals surface area contributed by atoms with E-state index in [1.54, 1.807) is 50.2 Å². The average Bonchev–Trinajstić information content (AvgIpc) is 2.83. The molecule has 0 aromatic heterocycles. The van der Waals surface area contributed by atoms with Gasteiger partial charge in [0.15, 0.2) is 5.78 Å². The summed E-state index contributed by atoms with van der Waals surface area (Å²) in [6.07, 6.45) is 6.51. The van der Waals surface area contributed by atoms with Crippen molar-refractivity contribution in [1.29, 1.82) is 0 Å². The van der Waals surface area contributed by atoms with Gasteiger partial charge in [0.25, 0.3) is 0 Å². The first-order chi connectivity index (χ1) is 16.0. The molecular formula is C27H32O6. The Morgan fingerprint density at radius 2 is 1.58 bits per heavy atom. The molecule has 6 nitrogen and oxygen atoms in total. The number of aliphatic hydroxyl groups is 1. The molecule has 0 saturated carbocycles. The molecule has 0 radical (unpaired) electrons. The monoisotopic (exact) mass is 452 g/mol.